The minimum atomic E-state index is -0.159. The Morgan fingerprint density at radius 2 is 1.59 bits per heavy atom. The molecule has 2 rings (SSSR count). The maximum atomic E-state index is 11.7. The van der Waals surface area contributed by atoms with Gasteiger partial charge < -0.3 is 0 Å². The summed E-state index contributed by atoms with van der Waals surface area (Å²) in [6, 6.07) is 16.6. The largest absolute Gasteiger partial charge is 0.279 e. The number of carbonyl (C=O) groups excluding carboxylic acids is 1. The number of hydrogen-bond donors (Lipinski definition) is 0. The fourth-order valence-corrected chi connectivity index (χ4v) is 1.59. The Bertz CT molecular complexity index is 574. The molecule has 2 aromatic carbocycles. The maximum absolute atomic E-state index is 11.7. The normalized spacial score (nSPS) is 9.24. The van der Waals surface area contributed by atoms with E-state index in [9.17, 15) is 4.79 Å². The zero-order chi connectivity index (χ0) is 12.1. The van der Waals surface area contributed by atoms with E-state index in [1.165, 1.54) is 0 Å². The molecule has 2 aromatic rings. The lowest BCUT2D eigenvalue weighted by Gasteiger charge is -1.92. The van der Waals surface area contributed by atoms with E-state index in [1.54, 1.807) is 12.1 Å². The van der Waals surface area contributed by atoms with Gasteiger partial charge in [0.05, 0.1) is 0 Å². The summed E-state index contributed by atoms with van der Waals surface area (Å²) < 4.78 is 0.998. The molecular formula is C15H9BrO. The fourth-order valence-electron chi connectivity index (χ4n) is 1.32. The molecule has 0 spiro atoms. The highest BCUT2D eigenvalue weighted by atomic mass is 79.9. The van der Waals surface area contributed by atoms with Crippen LogP contribution in [0.25, 0.3) is 0 Å². The molecule has 0 aromatic heterocycles. The molecule has 2 heteroatoms. The van der Waals surface area contributed by atoms with Gasteiger partial charge in [0.1, 0.15) is 0 Å². The van der Waals surface area contributed by atoms with Crippen LogP contribution in [0.5, 0.6) is 0 Å². The minimum Gasteiger partial charge on any atom is -0.279 e. The summed E-state index contributed by atoms with van der Waals surface area (Å²) >= 11 is 3.35. The number of ketones is 1. The van der Waals surface area contributed by atoms with E-state index in [4.69, 9.17) is 0 Å². The van der Waals surface area contributed by atoms with Crippen molar-refractivity contribution in [3.8, 4) is 11.8 Å². The molecule has 0 saturated heterocycles. The zero-order valence-corrected chi connectivity index (χ0v) is 10.6. The molecule has 0 atom stereocenters. The number of rotatable bonds is 1. The van der Waals surface area contributed by atoms with Crippen LogP contribution in [-0.4, -0.2) is 5.78 Å². The first-order valence-electron chi connectivity index (χ1n) is 5.13. The van der Waals surface area contributed by atoms with Crippen molar-refractivity contribution >= 4 is 21.7 Å². The number of halogens is 1. The van der Waals surface area contributed by atoms with Gasteiger partial charge in [0.25, 0.3) is 0 Å². The molecule has 82 valence electrons. The van der Waals surface area contributed by atoms with E-state index >= 15 is 0 Å². The average molecular weight is 285 g/mol. The van der Waals surface area contributed by atoms with Crippen molar-refractivity contribution in [3.63, 3.8) is 0 Å². The van der Waals surface area contributed by atoms with Crippen LogP contribution in [0.1, 0.15) is 15.9 Å². The van der Waals surface area contributed by atoms with Gasteiger partial charge in [-0.3, -0.25) is 4.79 Å². The van der Waals surface area contributed by atoms with E-state index in [0.29, 0.717) is 5.56 Å². The van der Waals surface area contributed by atoms with Gasteiger partial charge in [-0.1, -0.05) is 52.2 Å². The molecule has 0 saturated carbocycles. The Balaban J connectivity index is 2.17. The summed E-state index contributed by atoms with van der Waals surface area (Å²) in [6.07, 6.45) is 0. The van der Waals surface area contributed by atoms with Gasteiger partial charge in [-0.05, 0) is 30.2 Å². The van der Waals surface area contributed by atoms with Crippen LogP contribution in [0, 0.1) is 11.8 Å². The van der Waals surface area contributed by atoms with Crippen molar-refractivity contribution < 1.29 is 4.79 Å². The van der Waals surface area contributed by atoms with Gasteiger partial charge in [-0.25, -0.2) is 0 Å². The van der Waals surface area contributed by atoms with Gasteiger partial charge in [0.15, 0.2) is 0 Å². The van der Waals surface area contributed by atoms with E-state index in [2.05, 4.69) is 27.8 Å². The third-order valence-corrected chi connectivity index (χ3v) is 2.73. The molecular weight excluding hydrogens is 276 g/mol. The molecule has 1 nitrogen and oxygen atoms in total. The molecule has 0 amide bonds. The summed E-state index contributed by atoms with van der Waals surface area (Å²) in [6.45, 7) is 0. The first-order chi connectivity index (χ1) is 8.25. The molecule has 0 fully saturated rings. The van der Waals surface area contributed by atoms with Crippen LogP contribution in [0.4, 0.5) is 0 Å². The molecule has 0 aliphatic rings. The maximum Gasteiger partial charge on any atom is 0.236 e. The Morgan fingerprint density at radius 1 is 0.941 bits per heavy atom. The summed E-state index contributed by atoms with van der Waals surface area (Å²) in [7, 11) is 0. The predicted molar refractivity (Wildman–Crippen MR) is 71.8 cm³/mol. The van der Waals surface area contributed by atoms with Crippen molar-refractivity contribution in [2.75, 3.05) is 0 Å². The minimum absolute atomic E-state index is 0.159. The van der Waals surface area contributed by atoms with Crippen LogP contribution < -0.4 is 0 Å². The summed E-state index contributed by atoms with van der Waals surface area (Å²) in [4.78, 5) is 11.7. The molecule has 0 unspecified atom stereocenters. The lowest BCUT2D eigenvalue weighted by molar-refractivity contribution is 0.105. The lowest BCUT2D eigenvalue weighted by atomic mass is 10.1. The van der Waals surface area contributed by atoms with Gasteiger partial charge in [0.2, 0.25) is 5.78 Å². The highest BCUT2D eigenvalue weighted by molar-refractivity contribution is 9.10. The second kappa shape index (κ2) is 5.47. The quantitative estimate of drug-likeness (QED) is 0.577. The molecule has 0 aliphatic carbocycles. The smallest absolute Gasteiger partial charge is 0.236 e. The highest BCUT2D eigenvalue weighted by Crippen LogP contribution is 2.09. The molecule has 0 aliphatic heterocycles. The number of benzene rings is 2. The van der Waals surface area contributed by atoms with Crippen LogP contribution in [0.3, 0.4) is 0 Å². The highest BCUT2D eigenvalue weighted by Gasteiger charge is 1.99. The first kappa shape index (κ1) is 11.6. The summed E-state index contributed by atoms with van der Waals surface area (Å²) in [5, 5.41) is 0. The van der Waals surface area contributed by atoms with Crippen molar-refractivity contribution in [2.24, 2.45) is 0 Å². The summed E-state index contributed by atoms with van der Waals surface area (Å²) in [5.74, 6) is 5.32. The Kier molecular flexibility index (Phi) is 3.74. The van der Waals surface area contributed by atoms with Crippen molar-refractivity contribution in [1.29, 1.82) is 0 Å². The number of Topliss-reactive ketones (excluding diaryl/α,β-unsaturated/α-hetero) is 1. The van der Waals surface area contributed by atoms with Crippen LogP contribution in [0.2, 0.25) is 0 Å². The second-order valence-electron chi connectivity index (χ2n) is 3.45. The van der Waals surface area contributed by atoms with E-state index in [0.717, 1.165) is 10.0 Å². The number of carbonyl (C=O) groups is 1. The van der Waals surface area contributed by atoms with Gasteiger partial charge >= 0.3 is 0 Å². The Morgan fingerprint density at radius 3 is 2.24 bits per heavy atom. The molecule has 17 heavy (non-hydrogen) atoms. The topological polar surface area (TPSA) is 17.1 Å². The SMILES string of the molecule is O=C(C#Cc1ccc(Br)cc1)c1ccccc1. The van der Waals surface area contributed by atoms with Crippen LogP contribution >= 0.6 is 15.9 Å². The van der Waals surface area contributed by atoms with Crippen molar-refractivity contribution in [3.05, 3.63) is 70.2 Å². The van der Waals surface area contributed by atoms with Gasteiger partial charge in [-0.2, -0.15) is 0 Å². The Labute approximate surface area is 109 Å². The van der Waals surface area contributed by atoms with Crippen molar-refractivity contribution in [1.82, 2.24) is 0 Å². The third-order valence-electron chi connectivity index (χ3n) is 2.20. The van der Waals surface area contributed by atoms with E-state index in [-0.39, 0.29) is 5.78 Å². The van der Waals surface area contributed by atoms with E-state index < -0.39 is 0 Å². The summed E-state index contributed by atoms with van der Waals surface area (Å²) in [5.41, 5.74) is 1.45. The van der Waals surface area contributed by atoms with Crippen LogP contribution in [0.15, 0.2) is 59.1 Å². The lowest BCUT2D eigenvalue weighted by Crippen LogP contribution is -1.93. The molecule has 0 bridgehead atoms. The standard InChI is InChI=1S/C15H9BrO/c16-14-9-6-12(7-10-14)8-11-15(17)13-4-2-1-3-5-13/h1-7,9-10H. The fraction of sp³-hybridized carbons (Fsp3) is 0. The van der Waals surface area contributed by atoms with Gasteiger partial charge in [0, 0.05) is 15.6 Å². The molecule has 0 heterocycles. The zero-order valence-electron chi connectivity index (χ0n) is 8.98. The first-order valence-corrected chi connectivity index (χ1v) is 5.92. The Hall–Kier alpha value is -1.85. The molecule has 0 radical (unpaired) electrons. The van der Waals surface area contributed by atoms with Gasteiger partial charge in [-0.15, -0.1) is 0 Å². The van der Waals surface area contributed by atoms with E-state index in [1.807, 2.05) is 42.5 Å². The van der Waals surface area contributed by atoms with Crippen LogP contribution in [-0.2, 0) is 0 Å². The second-order valence-corrected chi connectivity index (χ2v) is 4.37. The van der Waals surface area contributed by atoms with Crippen molar-refractivity contribution in [2.45, 2.75) is 0 Å². The monoisotopic (exact) mass is 284 g/mol. The molecule has 0 N–H and O–H groups in total. The average Bonchev–Trinajstić information content (AvgIpc) is 2.39. The third kappa shape index (κ3) is 3.30. The predicted octanol–water partition coefficient (Wildman–Crippen LogP) is 3.68. The number of hydrogen-bond acceptors (Lipinski definition) is 1.